The van der Waals surface area contributed by atoms with Crippen molar-refractivity contribution in [2.24, 2.45) is 0 Å². The number of carbonyl (C=O) groups excluding carboxylic acids is 1. The zero-order valence-corrected chi connectivity index (χ0v) is 15.2. The van der Waals surface area contributed by atoms with Crippen LogP contribution < -0.4 is 10.1 Å². The van der Waals surface area contributed by atoms with Crippen LogP contribution in [0.25, 0.3) is 0 Å². The summed E-state index contributed by atoms with van der Waals surface area (Å²) in [6, 6.07) is 15.7. The van der Waals surface area contributed by atoms with E-state index < -0.39 is 0 Å². The van der Waals surface area contributed by atoms with Gasteiger partial charge in [0.05, 0.1) is 19.3 Å². The molecule has 1 atom stereocenters. The molecule has 2 aliphatic heterocycles. The molecule has 0 bridgehead atoms. The van der Waals surface area contributed by atoms with Crippen LogP contribution in [-0.4, -0.2) is 30.1 Å². The molecule has 0 radical (unpaired) electrons. The summed E-state index contributed by atoms with van der Waals surface area (Å²) in [5, 5.41) is 2.97. The van der Waals surface area contributed by atoms with E-state index in [4.69, 9.17) is 9.47 Å². The quantitative estimate of drug-likeness (QED) is 0.903. The van der Waals surface area contributed by atoms with Crippen molar-refractivity contribution in [3.05, 3.63) is 59.7 Å². The molecular formula is C21H24N2O3. The Kier molecular flexibility index (Phi) is 4.32. The van der Waals surface area contributed by atoms with E-state index in [1.54, 1.807) is 0 Å². The van der Waals surface area contributed by atoms with Crippen molar-refractivity contribution < 1.29 is 14.3 Å². The van der Waals surface area contributed by atoms with Gasteiger partial charge in [-0.15, -0.1) is 0 Å². The maximum Gasteiger partial charge on any atom is 0.321 e. The fraction of sp³-hybridized carbons (Fsp3) is 0.381. The number of ether oxygens (including phenoxy) is 2. The van der Waals surface area contributed by atoms with E-state index in [1.165, 1.54) is 11.1 Å². The highest BCUT2D eigenvalue weighted by molar-refractivity contribution is 5.89. The summed E-state index contributed by atoms with van der Waals surface area (Å²) in [6.07, 6.45) is 0.962. The van der Waals surface area contributed by atoms with Crippen molar-refractivity contribution in [2.45, 2.75) is 38.6 Å². The minimum absolute atomic E-state index is 0.0904. The first-order valence-electron chi connectivity index (χ1n) is 9.11. The fourth-order valence-corrected chi connectivity index (χ4v) is 3.77. The Morgan fingerprint density at radius 1 is 1.19 bits per heavy atom. The molecule has 136 valence electrons. The Morgan fingerprint density at radius 3 is 2.73 bits per heavy atom. The second-order valence-electron chi connectivity index (χ2n) is 7.23. The third-order valence-corrected chi connectivity index (χ3v) is 5.01. The van der Waals surface area contributed by atoms with Crippen LogP contribution in [0.4, 0.5) is 10.5 Å². The second kappa shape index (κ2) is 6.65. The molecule has 2 aromatic carbocycles. The molecule has 1 N–H and O–H groups in total. The lowest BCUT2D eigenvalue weighted by Crippen LogP contribution is -2.36. The van der Waals surface area contributed by atoms with Gasteiger partial charge in [0.15, 0.2) is 0 Å². The molecule has 2 heterocycles. The van der Waals surface area contributed by atoms with Crippen molar-refractivity contribution in [2.75, 3.05) is 18.4 Å². The van der Waals surface area contributed by atoms with Gasteiger partial charge in [0.1, 0.15) is 11.4 Å². The zero-order chi connectivity index (χ0) is 18.1. The van der Waals surface area contributed by atoms with Crippen LogP contribution >= 0.6 is 0 Å². The van der Waals surface area contributed by atoms with E-state index in [0.717, 1.165) is 17.9 Å². The summed E-state index contributed by atoms with van der Waals surface area (Å²) in [5.41, 5.74) is 2.88. The number of amides is 2. The van der Waals surface area contributed by atoms with Gasteiger partial charge in [-0.1, -0.05) is 24.3 Å². The number of hydrogen-bond donors (Lipinski definition) is 1. The van der Waals surface area contributed by atoms with Crippen LogP contribution in [-0.2, 0) is 16.9 Å². The molecule has 1 unspecified atom stereocenters. The normalized spacial score (nSPS) is 21.3. The Labute approximate surface area is 153 Å². The molecule has 2 amide bonds. The fourth-order valence-electron chi connectivity index (χ4n) is 3.77. The molecule has 5 nitrogen and oxygen atoms in total. The van der Waals surface area contributed by atoms with E-state index in [0.29, 0.717) is 19.7 Å². The topological polar surface area (TPSA) is 50.8 Å². The van der Waals surface area contributed by atoms with Gasteiger partial charge in [0, 0.05) is 18.7 Å². The SMILES string of the molecule is CC(C)Oc1ccc(NC(=O)N2CCC3(C2)OCc2ccccc23)cc1. The van der Waals surface area contributed by atoms with Gasteiger partial charge in [-0.2, -0.15) is 0 Å². The van der Waals surface area contributed by atoms with Crippen molar-refractivity contribution in [1.82, 2.24) is 4.90 Å². The average molecular weight is 352 g/mol. The number of nitrogens with one attached hydrogen (secondary N) is 1. The summed E-state index contributed by atoms with van der Waals surface area (Å²) in [4.78, 5) is 14.5. The number of benzene rings is 2. The molecule has 0 aliphatic carbocycles. The maximum atomic E-state index is 12.7. The molecule has 0 aromatic heterocycles. The van der Waals surface area contributed by atoms with Crippen molar-refractivity contribution in [1.29, 1.82) is 0 Å². The van der Waals surface area contributed by atoms with Crippen LogP contribution in [0.1, 0.15) is 31.4 Å². The summed E-state index contributed by atoms with van der Waals surface area (Å²) in [7, 11) is 0. The zero-order valence-electron chi connectivity index (χ0n) is 15.2. The molecule has 1 saturated heterocycles. The Bertz CT molecular complexity index is 803. The van der Waals surface area contributed by atoms with Gasteiger partial charge >= 0.3 is 6.03 Å². The number of anilines is 1. The van der Waals surface area contributed by atoms with E-state index in [9.17, 15) is 4.79 Å². The predicted octanol–water partition coefficient (Wildman–Crippen LogP) is 4.14. The highest BCUT2D eigenvalue weighted by Gasteiger charge is 2.46. The van der Waals surface area contributed by atoms with Gasteiger partial charge in [-0.3, -0.25) is 0 Å². The molecule has 4 rings (SSSR count). The Morgan fingerprint density at radius 2 is 1.96 bits per heavy atom. The minimum Gasteiger partial charge on any atom is -0.491 e. The third kappa shape index (κ3) is 3.15. The Hall–Kier alpha value is -2.53. The van der Waals surface area contributed by atoms with E-state index in [1.807, 2.05) is 55.1 Å². The lowest BCUT2D eigenvalue weighted by Gasteiger charge is -2.25. The van der Waals surface area contributed by atoms with E-state index >= 15 is 0 Å². The maximum absolute atomic E-state index is 12.7. The van der Waals surface area contributed by atoms with E-state index in [2.05, 4.69) is 17.4 Å². The number of carbonyl (C=O) groups is 1. The minimum atomic E-state index is -0.344. The van der Waals surface area contributed by atoms with Crippen LogP contribution in [0.5, 0.6) is 5.75 Å². The van der Waals surface area contributed by atoms with Gasteiger partial charge in [0.25, 0.3) is 0 Å². The largest absolute Gasteiger partial charge is 0.491 e. The second-order valence-corrected chi connectivity index (χ2v) is 7.23. The third-order valence-electron chi connectivity index (χ3n) is 5.01. The van der Waals surface area contributed by atoms with Crippen LogP contribution in [0, 0.1) is 0 Å². The molecule has 26 heavy (non-hydrogen) atoms. The van der Waals surface area contributed by atoms with Crippen molar-refractivity contribution in [3.8, 4) is 5.75 Å². The summed E-state index contributed by atoms with van der Waals surface area (Å²) < 4.78 is 11.7. The average Bonchev–Trinajstić information content (AvgIpc) is 3.22. The molecule has 2 aliphatic rings. The lowest BCUT2D eigenvalue weighted by atomic mass is 9.92. The van der Waals surface area contributed by atoms with Crippen LogP contribution in [0.15, 0.2) is 48.5 Å². The Balaban J connectivity index is 1.41. The van der Waals surface area contributed by atoms with Crippen molar-refractivity contribution in [3.63, 3.8) is 0 Å². The molecule has 5 heteroatoms. The van der Waals surface area contributed by atoms with Gasteiger partial charge in [-0.25, -0.2) is 4.79 Å². The smallest absolute Gasteiger partial charge is 0.321 e. The molecule has 2 aromatic rings. The number of nitrogens with zero attached hydrogens (tertiary/aromatic N) is 1. The van der Waals surface area contributed by atoms with E-state index in [-0.39, 0.29) is 17.7 Å². The number of likely N-dealkylation sites (tertiary alicyclic amines) is 1. The number of hydrogen-bond acceptors (Lipinski definition) is 3. The molecule has 1 spiro atoms. The van der Waals surface area contributed by atoms with Gasteiger partial charge in [0.2, 0.25) is 0 Å². The van der Waals surface area contributed by atoms with Crippen LogP contribution in [0.3, 0.4) is 0 Å². The van der Waals surface area contributed by atoms with Crippen LogP contribution in [0.2, 0.25) is 0 Å². The van der Waals surface area contributed by atoms with Crippen molar-refractivity contribution >= 4 is 11.7 Å². The highest BCUT2D eigenvalue weighted by atomic mass is 16.5. The standard InChI is InChI=1S/C21H24N2O3/c1-15(2)26-18-9-7-17(8-10-18)22-20(24)23-12-11-21(14-23)19-6-4-3-5-16(19)13-25-21/h3-10,15H,11-14H2,1-2H3,(H,22,24). The number of rotatable bonds is 3. The number of urea groups is 1. The number of fused-ring (bicyclic) bond motifs is 2. The molecular weight excluding hydrogens is 328 g/mol. The molecule has 1 fully saturated rings. The monoisotopic (exact) mass is 352 g/mol. The first-order chi connectivity index (χ1) is 12.6. The predicted molar refractivity (Wildman–Crippen MR) is 100 cm³/mol. The van der Waals surface area contributed by atoms with Gasteiger partial charge in [-0.05, 0) is 49.2 Å². The highest BCUT2D eigenvalue weighted by Crippen LogP contribution is 2.43. The van der Waals surface area contributed by atoms with Gasteiger partial charge < -0.3 is 19.7 Å². The lowest BCUT2D eigenvalue weighted by molar-refractivity contribution is -0.0269. The summed E-state index contributed by atoms with van der Waals surface area (Å²) >= 11 is 0. The first kappa shape index (κ1) is 16.9. The first-order valence-corrected chi connectivity index (χ1v) is 9.11. The molecule has 0 saturated carbocycles. The summed E-state index contributed by atoms with van der Waals surface area (Å²) in [5.74, 6) is 0.800. The summed E-state index contributed by atoms with van der Waals surface area (Å²) in [6.45, 7) is 5.88.